The number of carbonyl (C=O) groups is 1. The van der Waals surface area contributed by atoms with Gasteiger partial charge in [0.15, 0.2) is 15.6 Å². The van der Waals surface area contributed by atoms with Crippen LogP contribution in [0.5, 0.6) is 0 Å². The van der Waals surface area contributed by atoms with Gasteiger partial charge in [0.05, 0.1) is 16.3 Å². The minimum Gasteiger partial charge on any atom is -0.396 e. The van der Waals surface area contributed by atoms with Gasteiger partial charge in [-0.2, -0.15) is 0 Å². The van der Waals surface area contributed by atoms with Crippen molar-refractivity contribution in [1.82, 2.24) is 4.90 Å². The van der Waals surface area contributed by atoms with Crippen molar-refractivity contribution in [3.05, 3.63) is 4.88 Å². The largest absolute Gasteiger partial charge is 0.396 e. The van der Waals surface area contributed by atoms with E-state index in [2.05, 4.69) is 10.2 Å². The number of hydrogen-bond acceptors (Lipinski definition) is 7. The Morgan fingerprint density at radius 1 is 1.52 bits per heavy atom. The summed E-state index contributed by atoms with van der Waals surface area (Å²) in [5.74, 6) is -0.244. The first-order chi connectivity index (χ1) is 9.76. The molecule has 1 aromatic heterocycles. The summed E-state index contributed by atoms with van der Waals surface area (Å²) in [5.41, 5.74) is 6.01. The Morgan fingerprint density at radius 3 is 2.67 bits per heavy atom. The van der Waals surface area contributed by atoms with Gasteiger partial charge in [-0.25, -0.2) is 8.42 Å². The van der Waals surface area contributed by atoms with E-state index in [1.165, 1.54) is 6.92 Å². The zero-order chi connectivity index (χ0) is 15.8. The smallest absolute Gasteiger partial charge is 0.183 e. The molecule has 1 atom stereocenters. The molecule has 0 aliphatic carbocycles. The molecule has 0 spiro atoms. The van der Waals surface area contributed by atoms with Crippen LogP contribution in [0.1, 0.15) is 29.9 Å². The molecule has 0 saturated carbocycles. The summed E-state index contributed by atoms with van der Waals surface area (Å²) >= 11 is 1.14. The van der Waals surface area contributed by atoms with E-state index in [1.54, 1.807) is 6.92 Å². The Kier molecular flexibility index (Phi) is 4.60. The number of carbonyl (C=O) groups excluding carboxylic acids is 1. The number of sulfone groups is 1. The number of nitrogen functional groups attached to an aromatic ring is 1. The van der Waals surface area contributed by atoms with Gasteiger partial charge in [-0.3, -0.25) is 4.79 Å². The summed E-state index contributed by atoms with van der Waals surface area (Å²) in [4.78, 5) is 14.2. The van der Waals surface area contributed by atoms with E-state index in [-0.39, 0.29) is 28.2 Å². The van der Waals surface area contributed by atoms with Gasteiger partial charge in [0.25, 0.3) is 0 Å². The maximum absolute atomic E-state index is 12.3. The average molecular weight is 331 g/mol. The zero-order valence-corrected chi connectivity index (χ0v) is 14.1. The summed E-state index contributed by atoms with van der Waals surface area (Å²) in [5, 5.41) is 3.76. The number of anilines is 2. The number of nitrogens with zero attached hydrogens (tertiary/aromatic N) is 1. The van der Waals surface area contributed by atoms with Gasteiger partial charge in [-0.05, 0) is 20.0 Å². The zero-order valence-electron chi connectivity index (χ0n) is 12.5. The lowest BCUT2D eigenvalue weighted by atomic mass is 10.2. The van der Waals surface area contributed by atoms with E-state index in [1.807, 2.05) is 7.05 Å². The normalized spacial score (nSPS) is 19.9. The number of ketones is 1. The third kappa shape index (κ3) is 3.22. The SMILES string of the molecule is CCS(=O)(=O)c1c(NC2CCN(C)C2)sc(C(C)=O)c1N. The second-order valence-corrected chi connectivity index (χ2v) is 8.59. The maximum atomic E-state index is 12.3. The highest BCUT2D eigenvalue weighted by molar-refractivity contribution is 7.91. The molecule has 1 saturated heterocycles. The van der Waals surface area contributed by atoms with Crippen molar-refractivity contribution in [3.8, 4) is 0 Å². The molecule has 3 N–H and O–H groups in total. The van der Waals surface area contributed by atoms with Crippen LogP contribution in [-0.2, 0) is 9.84 Å². The van der Waals surface area contributed by atoms with Crippen LogP contribution in [0.3, 0.4) is 0 Å². The second kappa shape index (κ2) is 5.94. The van der Waals surface area contributed by atoms with Crippen LogP contribution in [-0.4, -0.2) is 51.0 Å². The molecule has 2 heterocycles. The van der Waals surface area contributed by atoms with Crippen molar-refractivity contribution in [2.75, 3.05) is 36.9 Å². The molecule has 0 bridgehead atoms. The van der Waals surface area contributed by atoms with Crippen molar-refractivity contribution in [2.45, 2.75) is 31.2 Å². The van der Waals surface area contributed by atoms with Crippen molar-refractivity contribution in [3.63, 3.8) is 0 Å². The number of nitrogens with two attached hydrogens (primary N) is 1. The quantitative estimate of drug-likeness (QED) is 0.793. The summed E-state index contributed by atoms with van der Waals surface area (Å²) in [6.07, 6.45) is 0.940. The van der Waals surface area contributed by atoms with E-state index in [0.29, 0.717) is 9.88 Å². The number of rotatable bonds is 5. The third-order valence-electron chi connectivity index (χ3n) is 3.64. The van der Waals surface area contributed by atoms with Crippen LogP contribution in [0.4, 0.5) is 10.7 Å². The van der Waals surface area contributed by atoms with Gasteiger partial charge in [0, 0.05) is 19.5 Å². The Morgan fingerprint density at radius 2 is 2.19 bits per heavy atom. The Hall–Kier alpha value is -1.12. The molecule has 2 rings (SSSR count). The number of likely N-dealkylation sites (tertiary alicyclic amines) is 1. The van der Waals surface area contributed by atoms with E-state index in [9.17, 15) is 13.2 Å². The highest BCUT2D eigenvalue weighted by Crippen LogP contribution is 2.40. The summed E-state index contributed by atoms with van der Waals surface area (Å²) in [7, 11) is -1.45. The first-order valence-electron chi connectivity index (χ1n) is 6.87. The average Bonchev–Trinajstić information content (AvgIpc) is 2.94. The van der Waals surface area contributed by atoms with Crippen molar-refractivity contribution >= 4 is 37.6 Å². The van der Waals surface area contributed by atoms with Crippen molar-refractivity contribution in [1.29, 1.82) is 0 Å². The van der Waals surface area contributed by atoms with Gasteiger partial charge >= 0.3 is 0 Å². The molecule has 1 aromatic rings. The topological polar surface area (TPSA) is 92.5 Å². The fourth-order valence-corrected chi connectivity index (χ4v) is 5.10. The Bertz CT molecular complexity index is 652. The molecular formula is C13H21N3O3S2. The van der Waals surface area contributed by atoms with Crippen LogP contribution < -0.4 is 11.1 Å². The molecule has 6 nitrogen and oxygen atoms in total. The minimum atomic E-state index is -3.47. The molecular weight excluding hydrogens is 310 g/mol. The van der Waals surface area contributed by atoms with Gasteiger partial charge in [-0.1, -0.05) is 6.92 Å². The fourth-order valence-electron chi connectivity index (χ4n) is 2.48. The molecule has 118 valence electrons. The van der Waals surface area contributed by atoms with Crippen molar-refractivity contribution < 1.29 is 13.2 Å². The van der Waals surface area contributed by atoms with Gasteiger partial charge in [0.1, 0.15) is 9.90 Å². The maximum Gasteiger partial charge on any atom is 0.183 e. The molecule has 1 unspecified atom stereocenters. The Labute approximate surface area is 129 Å². The lowest BCUT2D eigenvalue weighted by Crippen LogP contribution is -2.24. The number of thiophene rings is 1. The van der Waals surface area contributed by atoms with E-state index in [0.717, 1.165) is 30.8 Å². The molecule has 0 amide bonds. The standard InChI is InChI=1S/C13H21N3O3S2/c1-4-21(18,19)12-10(14)11(8(2)17)20-13(12)15-9-5-6-16(3)7-9/h9,15H,4-7,14H2,1-3H3. The molecule has 1 fully saturated rings. The van der Waals surface area contributed by atoms with Gasteiger partial charge < -0.3 is 16.0 Å². The molecule has 0 radical (unpaired) electrons. The van der Waals surface area contributed by atoms with Crippen LogP contribution in [0.2, 0.25) is 0 Å². The highest BCUT2D eigenvalue weighted by Gasteiger charge is 2.29. The van der Waals surface area contributed by atoms with Gasteiger partial charge in [0.2, 0.25) is 0 Å². The monoisotopic (exact) mass is 331 g/mol. The van der Waals surface area contributed by atoms with Crippen LogP contribution in [0.15, 0.2) is 4.90 Å². The van der Waals surface area contributed by atoms with Crippen LogP contribution in [0, 0.1) is 0 Å². The van der Waals surface area contributed by atoms with E-state index in [4.69, 9.17) is 5.73 Å². The lowest BCUT2D eigenvalue weighted by Gasteiger charge is -2.14. The molecule has 8 heteroatoms. The molecule has 0 aromatic carbocycles. The summed E-state index contributed by atoms with van der Waals surface area (Å²) < 4.78 is 24.6. The molecule has 1 aliphatic heterocycles. The number of nitrogens with one attached hydrogen (secondary N) is 1. The van der Waals surface area contributed by atoms with Crippen molar-refractivity contribution in [2.24, 2.45) is 0 Å². The van der Waals surface area contributed by atoms with Gasteiger partial charge in [-0.15, -0.1) is 11.3 Å². The first-order valence-corrected chi connectivity index (χ1v) is 9.34. The second-order valence-electron chi connectivity index (χ2n) is 5.35. The number of hydrogen-bond donors (Lipinski definition) is 2. The minimum absolute atomic E-state index is 0.0372. The first kappa shape index (κ1) is 16.3. The van der Waals surface area contributed by atoms with Crippen LogP contribution in [0.25, 0.3) is 0 Å². The van der Waals surface area contributed by atoms with E-state index >= 15 is 0 Å². The summed E-state index contributed by atoms with van der Waals surface area (Å²) in [6.45, 7) is 4.79. The summed E-state index contributed by atoms with van der Waals surface area (Å²) in [6, 6.07) is 0.179. The predicted molar refractivity (Wildman–Crippen MR) is 86.0 cm³/mol. The predicted octanol–water partition coefficient (Wildman–Crippen LogP) is 1.44. The number of Topliss-reactive ketones (excluding diaryl/α,β-unsaturated/α-hetero) is 1. The number of likely N-dealkylation sites (N-methyl/N-ethyl adjacent to an activating group) is 1. The Balaban J connectivity index is 2.44. The highest BCUT2D eigenvalue weighted by atomic mass is 32.2. The lowest BCUT2D eigenvalue weighted by molar-refractivity contribution is 0.102. The van der Waals surface area contributed by atoms with E-state index < -0.39 is 9.84 Å². The fraction of sp³-hybridized carbons (Fsp3) is 0.615. The molecule has 21 heavy (non-hydrogen) atoms. The van der Waals surface area contributed by atoms with Crippen LogP contribution >= 0.6 is 11.3 Å². The molecule has 1 aliphatic rings. The third-order valence-corrected chi connectivity index (χ3v) is 6.81.